The van der Waals surface area contributed by atoms with E-state index in [1.165, 1.54) is 16.7 Å². The van der Waals surface area contributed by atoms with Gasteiger partial charge in [-0.05, 0) is 70.6 Å². The maximum atomic E-state index is 6.74. The second-order valence-electron chi connectivity index (χ2n) is 12.9. The molecule has 0 saturated heterocycles. The minimum atomic E-state index is 0.0970. The smallest absolute Gasteiger partial charge is 0.138 e. The first-order valence-electron chi connectivity index (χ1n) is 17.0. The van der Waals surface area contributed by atoms with E-state index in [0.29, 0.717) is 0 Å². The lowest BCUT2D eigenvalue weighted by molar-refractivity contribution is 0.668. The lowest BCUT2D eigenvalue weighted by Crippen LogP contribution is -2.10. The van der Waals surface area contributed by atoms with E-state index in [9.17, 15) is 0 Å². The Kier molecular flexibility index (Phi) is 6.56. The number of rotatable bonds is 6. The molecule has 3 nitrogen and oxygen atoms in total. The molecule has 0 amide bonds. The van der Waals surface area contributed by atoms with E-state index in [4.69, 9.17) is 8.83 Å². The number of fused-ring (bicyclic) bond motifs is 8. The molecule has 50 heavy (non-hydrogen) atoms. The maximum Gasteiger partial charge on any atom is 0.138 e. The maximum absolute atomic E-state index is 6.74. The zero-order chi connectivity index (χ0) is 33.0. The van der Waals surface area contributed by atoms with Crippen molar-refractivity contribution in [1.82, 2.24) is 0 Å². The summed E-state index contributed by atoms with van der Waals surface area (Å²) in [6, 6.07) is 64.4. The zero-order valence-electron chi connectivity index (χ0n) is 27.2. The average molecular weight is 642 g/mol. The molecule has 0 saturated carbocycles. The van der Waals surface area contributed by atoms with Crippen LogP contribution in [0.15, 0.2) is 191 Å². The Bertz CT molecular complexity index is 2780. The van der Waals surface area contributed by atoms with Crippen molar-refractivity contribution >= 4 is 71.7 Å². The summed E-state index contributed by atoms with van der Waals surface area (Å²) in [6.45, 7) is 0. The molecule has 236 valence electrons. The van der Waals surface area contributed by atoms with Crippen LogP contribution in [0.4, 0.5) is 17.1 Å². The lowest BCUT2D eigenvalue weighted by Gasteiger charge is -2.27. The van der Waals surface area contributed by atoms with Crippen molar-refractivity contribution in [3.05, 3.63) is 199 Å². The molecule has 8 aromatic carbocycles. The lowest BCUT2D eigenvalue weighted by atomic mass is 9.84. The molecule has 2 aromatic heterocycles. The van der Waals surface area contributed by atoms with Crippen molar-refractivity contribution < 1.29 is 8.83 Å². The van der Waals surface area contributed by atoms with E-state index < -0.39 is 0 Å². The molecule has 0 fully saturated rings. The average Bonchev–Trinajstić information content (AvgIpc) is 3.74. The van der Waals surface area contributed by atoms with E-state index in [1.807, 2.05) is 12.1 Å². The summed E-state index contributed by atoms with van der Waals surface area (Å²) < 4.78 is 13.0. The fourth-order valence-electron chi connectivity index (χ4n) is 7.73. The highest BCUT2D eigenvalue weighted by atomic mass is 16.3. The highest BCUT2D eigenvalue weighted by molar-refractivity contribution is 6.22. The second kappa shape index (κ2) is 11.5. The largest absolute Gasteiger partial charge is 0.456 e. The van der Waals surface area contributed by atoms with Gasteiger partial charge in [0.2, 0.25) is 0 Å². The zero-order valence-corrected chi connectivity index (χ0v) is 27.2. The van der Waals surface area contributed by atoms with E-state index in [0.717, 1.165) is 71.7 Å². The van der Waals surface area contributed by atoms with Crippen LogP contribution >= 0.6 is 0 Å². The molecular formula is C47H31NO2. The monoisotopic (exact) mass is 641 g/mol. The first kappa shape index (κ1) is 28.4. The third kappa shape index (κ3) is 4.59. The van der Waals surface area contributed by atoms with E-state index in [-0.39, 0.29) is 5.92 Å². The number of hydrogen-bond acceptors (Lipinski definition) is 3. The molecule has 0 N–H and O–H groups in total. The van der Waals surface area contributed by atoms with Crippen LogP contribution < -0.4 is 4.90 Å². The van der Waals surface area contributed by atoms with Crippen LogP contribution in [-0.4, -0.2) is 0 Å². The summed E-state index contributed by atoms with van der Waals surface area (Å²) in [5.74, 6) is 0.0970. The SMILES string of the molecule is c1ccc(C(c2ccccc2)c2ccc3oc4cc(N(c5ccccc5)c5ccc6oc7ccccc7c6c5)c5ccccc5c4c3c2)cc1. The van der Waals surface area contributed by atoms with Gasteiger partial charge in [-0.2, -0.15) is 0 Å². The predicted molar refractivity (Wildman–Crippen MR) is 207 cm³/mol. The molecule has 2 heterocycles. The molecule has 0 unspecified atom stereocenters. The topological polar surface area (TPSA) is 29.5 Å². The highest BCUT2D eigenvalue weighted by Crippen LogP contribution is 2.46. The molecule has 3 heteroatoms. The van der Waals surface area contributed by atoms with Crippen molar-refractivity contribution in [2.24, 2.45) is 0 Å². The summed E-state index contributed by atoms with van der Waals surface area (Å²) in [4.78, 5) is 2.34. The molecule has 0 radical (unpaired) electrons. The first-order chi connectivity index (χ1) is 24.8. The molecule has 10 aromatic rings. The summed E-state index contributed by atoms with van der Waals surface area (Å²) in [7, 11) is 0. The van der Waals surface area contributed by atoms with Gasteiger partial charge in [0.15, 0.2) is 0 Å². The minimum absolute atomic E-state index is 0.0970. The fourth-order valence-corrected chi connectivity index (χ4v) is 7.73. The number of hydrogen-bond donors (Lipinski definition) is 0. The Labute approximate surface area is 289 Å². The number of furan rings is 2. The van der Waals surface area contributed by atoms with Gasteiger partial charge in [0.05, 0.1) is 5.69 Å². The van der Waals surface area contributed by atoms with Crippen molar-refractivity contribution in [2.45, 2.75) is 5.92 Å². The minimum Gasteiger partial charge on any atom is -0.456 e. The van der Waals surface area contributed by atoms with E-state index >= 15 is 0 Å². The molecule has 10 rings (SSSR count). The van der Waals surface area contributed by atoms with Gasteiger partial charge in [-0.3, -0.25) is 0 Å². The number of para-hydroxylation sites is 2. The fraction of sp³-hybridized carbons (Fsp3) is 0.0213. The molecular weight excluding hydrogens is 611 g/mol. The summed E-state index contributed by atoms with van der Waals surface area (Å²) in [5, 5.41) is 6.75. The summed E-state index contributed by atoms with van der Waals surface area (Å²) >= 11 is 0. The quantitative estimate of drug-likeness (QED) is 0.169. The van der Waals surface area contributed by atoms with Gasteiger partial charge >= 0.3 is 0 Å². The molecule has 0 bridgehead atoms. The van der Waals surface area contributed by atoms with Gasteiger partial charge in [-0.15, -0.1) is 0 Å². The van der Waals surface area contributed by atoms with E-state index in [2.05, 4.69) is 175 Å². The number of benzene rings is 8. The van der Waals surface area contributed by atoms with Gasteiger partial charge in [0.25, 0.3) is 0 Å². The summed E-state index contributed by atoms with van der Waals surface area (Å²) in [6.07, 6.45) is 0. The van der Waals surface area contributed by atoms with Gasteiger partial charge < -0.3 is 13.7 Å². The van der Waals surface area contributed by atoms with Crippen LogP contribution in [0.2, 0.25) is 0 Å². The van der Waals surface area contributed by atoms with Crippen molar-refractivity contribution in [1.29, 1.82) is 0 Å². The standard InChI is InChI=1S/C47H31NO2/c1-4-14-31(15-5-1)46(32-16-6-2-7-17-32)33-24-26-44-40(28-33)47-38-22-11-10-20-36(38)41(30-45(47)50-44)48(34-18-8-3-9-19-34)35-25-27-43-39(29-35)37-21-12-13-23-42(37)49-43/h1-30,46H. The van der Waals surface area contributed by atoms with Crippen molar-refractivity contribution in [2.75, 3.05) is 4.90 Å². The Hall–Kier alpha value is -6.58. The third-order valence-corrected chi connectivity index (χ3v) is 9.95. The van der Waals surface area contributed by atoms with Crippen molar-refractivity contribution in [3.8, 4) is 0 Å². The van der Waals surface area contributed by atoms with Gasteiger partial charge in [0.1, 0.15) is 22.3 Å². The number of nitrogens with zero attached hydrogens (tertiary/aromatic N) is 1. The Morgan fingerprint density at radius 3 is 1.64 bits per heavy atom. The van der Waals surface area contributed by atoms with Crippen LogP contribution in [0, 0.1) is 0 Å². The van der Waals surface area contributed by atoms with Crippen LogP contribution in [0.5, 0.6) is 0 Å². The highest BCUT2D eigenvalue weighted by Gasteiger charge is 2.23. The Morgan fingerprint density at radius 1 is 0.340 bits per heavy atom. The third-order valence-electron chi connectivity index (χ3n) is 9.95. The molecule has 0 aliphatic rings. The van der Waals surface area contributed by atoms with E-state index in [1.54, 1.807) is 0 Å². The van der Waals surface area contributed by atoms with Crippen LogP contribution in [0.25, 0.3) is 54.6 Å². The predicted octanol–water partition coefficient (Wildman–Crippen LogP) is 13.3. The van der Waals surface area contributed by atoms with Crippen molar-refractivity contribution in [3.63, 3.8) is 0 Å². The number of anilines is 3. The van der Waals surface area contributed by atoms with Gasteiger partial charge in [0, 0.05) is 50.3 Å². The second-order valence-corrected chi connectivity index (χ2v) is 12.9. The van der Waals surface area contributed by atoms with Crippen LogP contribution in [0.3, 0.4) is 0 Å². The molecule has 0 spiro atoms. The van der Waals surface area contributed by atoms with Gasteiger partial charge in [-0.1, -0.05) is 127 Å². The first-order valence-corrected chi connectivity index (χ1v) is 17.0. The molecule has 0 atom stereocenters. The van der Waals surface area contributed by atoms with Crippen LogP contribution in [-0.2, 0) is 0 Å². The molecule has 0 aliphatic heterocycles. The normalized spacial score (nSPS) is 11.8. The van der Waals surface area contributed by atoms with Crippen LogP contribution in [0.1, 0.15) is 22.6 Å². The summed E-state index contributed by atoms with van der Waals surface area (Å²) in [5.41, 5.74) is 10.4. The molecule has 0 aliphatic carbocycles. The Balaban J connectivity index is 1.21. The van der Waals surface area contributed by atoms with Gasteiger partial charge in [-0.25, -0.2) is 0 Å². The Morgan fingerprint density at radius 2 is 0.900 bits per heavy atom.